The first kappa shape index (κ1) is 25.5. The van der Waals surface area contributed by atoms with E-state index in [1.165, 1.54) is 0 Å². The van der Waals surface area contributed by atoms with Crippen LogP contribution in [0.2, 0.25) is 0 Å². The highest BCUT2D eigenvalue weighted by Crippen LogP contribution is 2.22. The standard InChI is InChI=1S/C21H36N4O3S.HI/c1-17(2)15-23-21(22-12-11-19-9-6-14-28-19)25-13-5-10-20(16-25)29(26,27)24-18-7-3-4-8-18;/h6,9,14,17-18,20,24H,3-5,7-8,10-13,15-16H2,1-2H3,(H,22,23);1H. The van der Waals surface area contributed by atoms with Crippen LogP contribution in [0.1, 0.15) is 58.1 Å². The molecule has 1 aliphatic carbocycles. The average Bonchev–Trinajstić information content (AvgIpc) is 3.38. The summed E-state index contributed by atoms with van der Waals surface area (Å²) < 4.78 is 34.2. The number of hydrogen-bond donors (Lipinski definition) is 2. The molecule has 0 spiro atoms. The fourth-order valence-corrected chi connectivity index (χ4v) is 5.79. The summed E-state index contributed by atoms with van der Waals surface area (Å²) in [4.78, 5) is 6.89. The lowest BCUT2D eigenvalue weighted by molar-refractivity contribution is 0.327. The van der Waals surface area contributed by atoms with Crippen molar-refractivity contribution in [3.05, 3.63) is 24.2 Å². The number of likely N-dealkylation sites (tertiary alicyclic amines) is 1. The van der Waals surface area contributed by atoms with Gasteiger partial charge in [0.1, 0.15) is 5.76 Å². The minimum Gasteiger partial charge on any atom is -0.469 e. The molecule has 3 rings (SSSR count). The fraction of sp³-hybridized carbons (Fsp3) is 0.762. The van der Waals surface area contributed by atoms with E-state index in [1.54, 1.807) is 6.26 Å². The molecule has 1 aromatic rings. The highest BCUT2D eigenvalue weighted by Gasteiger charge is 2.34. The van der Waals surface area contributed by atoms with Crippen molar-refractivity contribution in [3.8, 4) is 0 Å². The maximum atomic E-state index is 12.9. The van der Waals surface area contributed by atoms with E-state index < -0.39 is 10.0 Å². The number of halogens is 1. The van der Waals surface area contributed by atoms with Crippen LogP contribution in [0, 0.1) is 5.92 Å². The molecule has 1 aromatic heterocycles. The van der Waals surface area contributed by atoms with Crippen LogP contribution >= 0.6 is 24.0 Å². The molecule has 1 unspecified atom stereocenters. The molecule has 0 radical (unpaired) electrons. The summed E-state index contributed by atoms with van der Waals surface area (Å²) in [5.41, 5.74) is 0. The maximum absolute atomic E-state index is 12.9. The summed E-state index contributed by atoms with van der Waals surface area (Å²) >= 11 is 0. The lowest BCUT2D eigenvalue weighted by atomic mass is 10.1. The molecule has 1 saturated heterocycles. The molecule has 1 aliphatic heterocycles. The van der Waals surface area contributed by atoms with Gasteiger partial charge in [-0.3, -0.25) is 4.99 Å². The molecule has 0 bridgehead atoms. The number of guanidine groups is 1. The van der Waals surface area contributed by atoms with Crippen LogP contribution in [0.4, 0.5) is 0 Å². The SMILES string of the molecule is CC(C)CN=C(NCCc1ccco1)N1CCCC(S(=O)(=O)NC2CCCC2)C1.I. The molecular weight excluding hydrogens is 515 g/mol. The van der Waals surface area contributed by atoms with Crippen molar-refractivity contribution in [2.24, 2.45) is 10.9 Å². The van der Waals surface area contributed by atoms with Crippen molar-refractivity contribution in [2.75, 3.05) is 26.2 Å². The molecule has 2 N–H and O–H groups in total. The monoisotopic (exact) mass is 552 g/mol. The van der Waals surface area contributed by atoms with Crippen molar-refractivity contribution in [2.45, 2.75) is 70.1 Å². The van der Waals surface area contributed by atoms with Gasteiger partial charge in [0.05, 0.1) is 11.5 Å². The van der Waals surface area contributed by atoms with Gasteiger partial charge in [-0.25, -0.2) is 13.1 Å². The van der Waals surface area contributed by atoms with Crippen LogP contribution in [0.25, 0.3) is 0 Å². The Labute approximate surface area is 198 Å². The van der Waals surface area contributed by atoms with Gasteiger partial charge in [0.15, 0.2) is 5.96 Å². The second-order valence-electron chi connectivity index (χ2n) is 8.67. The Hall–Kier alpha value is -0.810. The first-order chi connectivity index (χ1) is 13.9. The van der Waals surface area contributed by atoms with Crippen molar-refractivity contribution in [3.63, 3.8) is 0 Å². The number of aliphatic imine (C=N–C) groups is 1. The van der Waals surface area contributed by atoms with E-state index in [0.717, 1.165) is 63.3 Å². The van der Waals surface area contributed by atoms with E-state index in [4.69, 9.17) is 9.41 Å². The third-order valence-electron chi connectivity index (χ3n) is 5.64. The zero-order valence-electron chi connectivity index (χ0n) is 18.2. The number of hydrogen-bond acceptors (Lipinski definition) is 4. The number of rotatable bonds is 8. The third-order valence-corrected chi connectivity index (χ3v) is 7.57. The topological polar surface area (TPSA) is 86.9 Å². The molecule has 172 valence electrons. The van der Waals surface area contributed by atoms with Crippen molar-refractivity contribution in [1.29, 1.82) is 0 Å². The molecule has 1 atom stereocenters. The molecular formula is C21H37IN4O3S. The second-order valence-corrected chi connectivity index (χ2v) is 10.7. The second kappa shape index (κ2) is 12.3. The highest BCUT2D eigenvalue weighted by atomic mass is 127. The number of sulfonamides is 1. The first-order valence-corrected chi connectivity index (χ1v) is 12.6. The Morgan fingerprint density at radius 2 is 2.03 bits per heavy atom. The molecule has 2 aliphatic rings. The maximum Gasteiger partial charge on any atom is 0.216 e. The first-order valence-electron chi connectivity index (χ1n) is 11.0. The zero-order chi connectivity index (χ0) is 20.7. The fourth-order valence-electron chi connectivity index (χ4n) is 4.05. The van der Waals surface area contributed by atoms with Crippen LogP contribution in [-0.2, 0) is 16.4 Å². The molecule has 1 saturated carbocycles. The van der Waals surface area contributed by atoms with E-state index in [-0.39, 0.29) is 35.3 Å². The normalized spacial score (nSPS) is 21.1. The lowest BCUT2D eigenvalue weighted by Gasteiger charge is -2.35. The van der Waals surface area contributed by atoms with Gasteiger partial charge in [-0.2, -0.15) is 0 Å². The summed E-state index contributed by atoms with van der Waals surface area (Å²) in [6.45, 7) is 7.03. The summed E-state index contributed by atoms with van der Waals surface area (Å²) in [5.74, 6) is 2.19. The number of nitrogens with one attached hydrogen (secondary N) is 2. The minimum absolute atomic E-state index is 0. The zero-order valence-corrected chi connectivity index (χ0v) is 21.3. The van der Waals surface area contributed by atoms with Gasteiger partial charge in [0.2, 0.25) is 10.0 Å². The van der Waals surface area contributed by atoms with Gasteiger partial charge in [0.25, 0.3) is 0 Å². The average molecular weight is 553 g/mol. The summed E-state index contributed by atoms with van der Waals surface area (Å²) in [7, 11) is -3.31. The molecule has 7 nitrogen and oxygen atoms in total. The quantitative estimate of drug-likeness (QED) is 0.294. The van der Waals surface area contributed by atoms with Crippen LogP contribution in [0.3, 0.4) is 0 Å². The van der Waals surface area contributed by atoms with Crippen molar-refractivity contribution < 1.29 is 12.8 Å². The summed E-state index contributed by atoms with van der Waals surface area (Å²) in [5, 5.41) is 3.05. The Bertz CT molecular complexity index is 746. The van der Waals surface area contributed by atoms with E-state index >= 15 is 0 Å². The molecule has 0 aromatic carbocycles. The third kappa shape index (κ3) is 7.71. The molecule has 0 amide bonds. The van der Waals surface area contributed by atoms with Crippen LogP contribution in [0.5, 0.6) is 0 Å². The molecule has 2 fully saturated rings. The predicted molar refractivity (Wildman–Crippen MR) is 132 cm³/mol. The van der Waals surface area contributed by atoms with Crippen LogP contribution in [-0.4, -0.2) is 56.7 Å². The summed E-state index contributed by atoms with van der Waals surface area (Å²) in [6, 6.07) is 3.97. The smallest absolute Gasteiger partial charge is 0.216 e. The van der Waals surface area contributed by atoms with Gasteiger partial charge in [-0.05, 0) is 43.7 Å². The number of piperidine rings is 1. The number of furan rings is 1. The highest BCUT2D eigenvalue weighted by molar-refractivity contribution is 14.0. The Balaban J connectivity index is 0.00000320. The molecule has 2 heterocycles. The van der Waals surface area contributed by atoms with E-state index in [9.17, 15) is 8.42 Å². The van der Waals surface area contributed by atoms with E-state index in [2.05, 4.69) is 28.8 Å². The Morgan fingerprint density at radius 3 is 2.70 bits per heavy atom. The van der Waals surface area contributed by atoms with Gasteiger partial charge in [0, 0.05) is 38.6 Å². The number of nitrogens with zero attached hydrogens (tertiary/aromatic N) is 2. The lowest BCUT2D eigenvalue weighted by Crippen LogP contribution is -2.53. The van der Waals surface area contributed by atoms with Gasteiger partial charge in [-0.15, -0.1) is 24.0 Å². The van der Waals surface area contributed by atoms with Gasteiger partial charge >= 0.3 is 0 Å². The predicted octanol–water partition coefficient (Wildman–Crippen LogP) is 3.37. The van der Waals surface area contributed by atoms with Crippen LogP contribution in [0.15, 0.2) is 27.8 Å². The largest absolute Gasteiger partial charge is 0.469 e. The molecule has 30 heavy (non-hydrogen) atoms. The van der Waals surface area contributed by atoms with Crippen molar-refractivity contribution in [1.82, 2.24) is 14.9 Å². The van der Waals surface area contributed by atoms with Gasteiger partial charge < -0.3 is 14.6 Å². The Kier molecular flexibility index (Phi) is 10.4. The van der Waals surface area contributed by atoms with Crippen molar-refractivity contribution >= 4 is 40.0 Å². The van der Waals surface area contributed by atoms with Crippen LogP contribution < -0.4 is 10.0 Å². The van der Waals surface area contributed by atoms with E-state index in [0.29, 0.717) is 25.4 Å². The van der Waals surface area contributed by atoms with Gasteiger partial charge in [-0.1, -0.05) is 26.7 Å². The summed E-state index contributed by atoms with van der Waals surface area (Å²) in [6.07, 6.45) is 8.19. The molecule has 9 heteroatoms. The minimum atomic E-state index is -3.31. The van der Waals surface area contributed by atoms with E-state index in [1.807, 2.05) is 12.1 Å². The Morgan fingerprint density at radius 1 is 1.27 bits per heavy atom.